The average molecular weight is 262 g/mol. The van der Waals surface area contributed by atoms with Crippen molar-refractivity contribution < 1.29 is 4.79 Å². The molecule has 1 aliphatic heterocycles. The molecule has 2 rings (SSSR count). The SMILES string of the molecule is CN1CCCN(C(=O)C2CCC(N)C2)CC1.Cl. The fraction of sp³-hybridized carbons (Fsp3) is 0.917. The van der Waals surface area contributed by atoms with E-state index in [4.69, 9.17) is 5.73 Å². The van der Waals surface area contributed by atoms with Crippen LogP contribution in [0.3, 0.4) is 0 Å². The number of hydrogen-bond donors (Lipinski definition) is 1. The van der Waals surface area contributed by atoms with Crippen molar-refractivity contribution in [2.24, 2.45) is 11.7 Å². The molecule has 2 atom stereocenters. The van der Waals surface area contributed by atoms with Gasteiger partial charge >= 0.3 is 0 Å². The van der Waals surface area contributed by atoms with Gasteiger partial charge in [0.2, 0.25) is 5.91 Å². The maximum absolute atomic E-state index is 12.3. The van der Waals surface area contributed by atoms with E-state index in [1.54, 1.807) is 0 Å². The van der Waals surface area contributed by atoms with Gasteiger partial charge in [-0.2, -0.15) is 0 Å². The Morgan fingerprint density at radius 2 is 1.94 bits per heavy atom. The molecule has 0 bridgehead atoms. The number of amides is 1. The van der Waals surface area contributed by atoms with Crippen LogP contribution in [0.15, 0.2) is 0 Å². The molecule has 1 saturated carbocycles. The summed E-state index contributed by atoms with van der Waals surface area (Å²) in [4.78, 5) is 16.6. The monoisotopic (exact) mass is 261 g/mol. The fourth-order valence-electron chi connectivity index (χ4n) is 2.77. The number of hydrogen-bond acceptors (Lipinski definition) is 3. The Morgan fingerprint density at radius 1 is 1.18 bits per heavy atom. The molecule has 2 aliphatic rings. The second-order valence-corrected chi connectivity index (χ2v) is 5.25. The Bertz CT molecular complexity index is 262. The highest BCUT2D eigenvalue weighted by molar-refractivity contribution is 5.85. The summed E-state index contributed by atoms with van der Waals surface area (Å²) in [6, 6.07) is 0.253. The molecule has 0 radical (unpaired) electrons. The minimum atomic E-state index is 0. The van der Waals surface area contributed by atoms with E-state index in [1.807, 2.05) is 4.90 Å². The van der Waals surface area contributed by atoms with Gasteiger partial charge in [0, 0.05) is 31.6 Å². The molecule has 17 heavy (non-hydrogen) atoms. The molecular weight excluding hydrogens is 238 g/mol. The molecule has 2 N–H and O–H groups in total. The van der Waals surface area contributed by atoms with Crippen molar-refractivity contribution in [3.63, 3.8) is 0 Å². The molecular formula is C12H24ClN3O. The molecule has 0 aromatic heterocycles. The first-order chi connectivity index (χ1) is 7.66. The highest BCUT2D eigenvalue weighted by Gasteiger charge is 2.31. The summed E-state index contributed by atoms with van der Waals surface area (Å²) in [5, 5.41) is 0. The lowest BCUT2D eigenvalue weighted by molar-refractivity contribution is -0.135. The third-order valence-electron chi connectivity index (χ3n) is 3.85. The van der Waals surface area contributed by atoms with Crippen LogP contribution in [0, 0.1) is 5.92 Å². The Kier molecular flexibility index (Phi) is 5.70. The van der Waals surface area contributed by atoms with Crippen molar-refractivity contribution in [3.05, 3.63) is 0 Å². The zero-order valence-corrected chi connectivity index (χ0v) is 11.4. The molecule has 1 heterocycles. The molecule has 1 saturated heterocycles. The highest BCUT2D eigenvalue weighted by atomic mass is 35.5. The van der Waals surface area contributed by atoms with Crippen LogP contribution in [0.25, 0.3) is 0 Å². The van der Waals surface area contributed by atoms with E-state index < -0.39 is 0 Å². The number of rotatable bonds is 1. The van der Waals surface area contributed by atoms with Gasteiger partial charge in [0.1, 0.15) is 0 Å². The lowest BCUT2D eigenvalue weighted by Gasteiger charge is -2.23. The molecule has 0 aromatic rings. The number of halogens is 1. The van der Waals surface area contributed by atoms with Crippen LogP contribution in [-0.2, 0) is 4.79 Å². The summed E-state index contributed by atoms with van der Waals surface area (Å²) in [5.41, 5.74) is 5.87. The zero-order chi connectivity index (χ0) is 11.5. The first kappa shape index (κ1) is 14.7. The molecule has 0 aromatic carbocycles. The number of nitrogens with zero attached hydrogens (tertiary/aromatic N) is 2. The van der Waals surface area contributed by atoms with Crippen molar-refractivity contribution in [3.8, 4) is 0 Å². The summed E-state index contributed by atoms with van der Waals surface area (Å²) in [6.45, 7) is 3.93. The summed E-state index contributed by atoms with van der Waals surface area (Å²) in [7, 11) is 2.12. The van der Waals surface area contributed by atoms with Gasteiger partial charge in [0.05, 0.1) is 0 Å². The van der Waals surface area contributed by atoms with E-state index in [2.05, 4.69) is 11.9 Å². The van der Waals surface area contributed by atoms with Crippen LogP contribution in [0.1, 0.15) is 25.7 Å². The van der Waals surface area contributed by atoms with Crippen molar-refractivity contribution in [2.75, 3.05) is 33.2 Å². The number of likely N-dealkylation sites (N-methyl/N-ethyl adjacent to an activating group) is 1. The molecule has 2 unspecified atom stereocenters. The first-order valence-corrected chi connectivity index (χ1v) is 6.39. The van der Waals surface area contributed by atoms with Gasteiger partial charge in [-0.1, -0.05) is 0 Å². The van der Waals surface area contributed by atoms with E-state index in [0.717, 1.165) is 51.9 Å². The van der Waals surface area contributed by atoms with Crippen LogP contribution in [0.5, 0.6) is 0 Å². The van der Waals surface area contributed by atoms with Gasteiger partial charge in [-0.15, -0.1) is 12.4 Å². The quantitative estimate of drug-likeness (QED) is 0.756. The summed E-state index contributed by atoms with van der Waals surface area (Å²) < 4.78 is 0. The smallest absolute Gasteiger partial charge is 0.225 e. The van der Waals surface area contributed by atoms with Gasteiger partial charge in [-0.05, 0) is 39.3 Å². The standard InChI is InChI=1S/C12H23N3O.ClH/c1-14-5-2-6-15(8-7-14)12(16)10-3-4-11(13)9-10;/h10-11H,2-9,13H2,1H3;1H. The van der Waals surface area contributed by atoms with Gasteiger partial charge in [-0.25, -0.2) is 0 Å². The number of carbonyl (C=O) groups is 1. The van der Waals surface area contributed by atoms with Crippen molar-refractivity contribution >= 4 is 18.3 Å². The first-order valence-electron chi connectivity index (χ1n) is 6.39. The third kappa shape index (κ3) is 3.83. The lowest BCUT2D eigenvalue weighted by atomic mass is 10.1. The normalized spacial score (nSPS) is 30.8. The second kappa shape index (κ2) is 6.57. The predicted octanol–water partition coefficient (Wildman–Crippen LogP) is 0.700. The van der Waals surface area contributed by atoms with Crippen LogP contribution in [0.2, 0.25) is 0 Å². The van der Waals surface area contributed by atoms with E-state index in [0.29, 0.717) is 5.91 Å². The predicted molar refractivity (Wildman–Crippen MR) is 71.3 cm³/mol. The van der Waals surface area contributed by atoms with Gasteiger partial charge in [0.15, 0.2) is 0 Å². The topological polar surface area (TPSA) is 49.6 Å². The van der Waals surface area contributed by atoms with E-state index in [9.17, 15) is 4.79 Å². The molecule has 0 spiro atoms. The van der Waals surface area contributed by atoms with Crippen molar-refractivity contribution in [1.29, 1.82) is 0 Å². The van der Waals surface area contributed by atoms with Crippen molar-refractivity contribution in [2.45, 2.75) is 31.7 Å². The fourth-order valence-corrected chi connectivity index (χ4v) is 2.77. The minimum Gasteiger partial charge on any atom is -0.341 e. The Hall–Kier alpha value is -0.320. The van der Waals surface area contributed by atoms with Crippen LogP contribution in [0.4, 0.5) is 0 Å². The maximum atomic E-state index is 12.3. The molecule has 2 fully saturated rings. The number of carbonyl (C=O) groups excluding carboxylic acids is 1. The summed E-state index contributed by atoms with van der Waals surface area (Å²) in [6.07, 6.45) is 4.00. The molecule has 1 amide bonds. The largest absolute Gasteiger partial charge is 0.341 e. The van der Waals surface area contributed by atoms with E-state index >= 15 is 0 Å². The molecule has 5 heteroatoms. The summed E-state index contributed by atoms with van der Waals surface area (Å²) >= 11 is 0. The van der Waals surface area contributed by atoms with Crippen LogP contribution >= 0.6 is 12.4 Å². The van der Waals surface area contributed by atoms with Crippen molar-refractivity contribution in [1.82, 2.24) is 9.80 Å². The zero-order valence-electron chi connectivity index (χ0n) is 10.6. The molecule has 4 nitrogen and oxygen atoms in total. The average Bonchev–Trinajstić information content (AvgIpc) is 2.57. The van der Waals surface area contributed by atoms with Gasteiger partial charge < -0.3 is 15.5 Å². The second-order valence-electron chi connectivity index (χ2n) is 5.25. The van der Waals surface area contributed by atoms with Crippen LogP contribution in [-0.4, -0.2) is 55.0 Å². The van der Waals surface area contributed by atoms with E-state index in [1.165, 1.54) is 0 Å². The Balaban J connectivity index is 0.00000144. The Morgan fingerprint density at radius 3 is 2.59 bits per heavy atom. The lowest BCUT2D eigenvalue weighted by Crippen LogP contribution is -2.38. The number of nitrogens with two attached hydrogens (primary N) is 1. The van der Waals surface area contributed by atoms with Gasteiger partial charge in [-0.3, -0.25) is 4.79 Å². The third-order valence-corrected chi connectivity index (χ3v) is 3.85. The van der Waals surface area contributed by atoms with Gasteiger partial charge in [0.25, 0.3) is 0 Å². The molecule has 1 aliphatic carbocycles. The summed E-state index contributed by atoms with van der Waals surface area (Å²) in [5.74, 6) is 0.557. The minimum absolute atomic E-state index is 0. The highest BCUT2D eigenvalue weighted by Crippen LogP contribution is 2.26. The molecule has 100 valence electrons. The Labute approximate surface area is 110 Å². The van der Waals surface area contributed by atoms with Crippen LogP contribution < -0.4 is 5.73 Å². The van der Waals surface area contributed by atoms with E-state index in [-0.39, 0.29) is 24.4 Å². The maximum Gasteiger partial charge on any atom is 0.225 e.